The monoisotopic (exact) mass is 397 g/mol. The molecule has 0 spiro atoms. The number of hydrazine groups is 1. The third kappa shape index (κ3) is 4.77. The van der Waals surface area contributed by atoms with Crippen LogP contribution < -0.4 is 20.9 Å². The largest absolute Gasteiger partial charge is 0.504 e. The molecular formula is C19H19N5O3S. The summed E-state index contributed by atoms with van der Waals surface area (Å²) in [5.74, 6) is -0.110. The van der Waals surface area contributed by atoms with Crippen LogP contribution in [0.4, 0.5) is 5.69 Å². The second kappa shape index (κ2) is 8.87. The number of para-hydroxylation sites is 1. The predicted molar refractivity (Wildman–Crippen MR) is 110 cm³/mol. The number of rotatable bonds is 5. The highest BCUT2D eigenvalue weighted by atomic mass is 32.1. The molecule has 0 aliphatic heterocycles. The molecule has 3 aromatic rings. The standard InChI is InChI=1S/C19H19N5O3S/c1-2-27-15-10-8-13(9-11-15)20-19(28)22-21-18(26)17-16(25)12-24(23-17)14-6-4-3-5-7-14/h3-12,25H,2H2,1H3,(H,21,26)(H2,20,22,28). The third-order valence-corrected chi connectivity index (χ3v) is 3.85. The minimum atomic E-state index is -0.622. The minimum absolute atomic E-state index is 0.125. The van der Waals surface area contributed by atoms with E-state index >= 15 is 0 Å². The molecule has 0 fully saturated rings. The summed E-state index contributed by atoms with van der Waals surface area (Å²) in [5, 5.41) is 17.2. The van der Waals surface area contributed by atoms with Gasteiger partial charge in [0.25, 0.3) is 5.91 Å². The number of nitrogens with zero attached hydrogens (tertiary/aromatic N) is 2. The quantitative estimate of drug-likeness (QED) is 0.388. The van der Waals surface area contributed by atoms with Gasteiger partial charge in [-0.05, 0) is 55.5 Å². The second-order valence-corrected chi connectivity index (χ2v) is 6.04. The molecule has 1 aromatic heterocycles. The summed E-state index contributed by atoms with van der Waals surface area (Å²) in [4.78, 5) is 12.3. The second-order valence-electron chi connectivity index (χ2n) is 5.63. The Labute approximate surface area is 167 Å². The summed E-state index contributed by atoms with van der Waals surface area (Å²) in [6.45, 7) is 2.50. The van der Waals surface area contributed by atoms with Crippen molar-refractivity contribution in [2.24, 2.45) is 0 Å². The molecule has 0 saturated carbocycles. The first-order chi connectivity index (χ1) is 13.6. The first-order valence-electron chi connectivity index (χ1n) is 8.51. The van der Waals surface area contributed by atoms with Crippen LogP contribution in [0.3, 0.4) is 0 Å². The molecule has 1 amide bonds. The topological polar surface area (TPSA) is 100 Å². The zero-order valence-corrected chi connectivity index (χ0v) is 15.9. The lowest BCUT2D eigenvalue weighted by Gasteiger charge is -2.11. The number of hydrogen-bond donors (Lipinski definition) is 4. The van der Waals surface area contributed by atoms with Crippen LogP contribution in [-0.4, -0.2) is 32.5 Å². The van der Waals surface area contributed by atoms with Crippen molar-refractivity contribution >= 4 is 28.9 Å². The van der Waals surface area contributed by atoms with Gasteiger partial charge in [0.1, 0.15) is 5.75 Å². The predicted octanol–water partition coefficient (Wildman–Crippen LogP) is 2.61. The van der Waals surface area contributed by atoms with Crippen molar-refractivity contribution in [2.75, 3.05) is 11.9 Å². The first-order valence-corrected chi connectivity index (χ1v) is 8.92. The average Bonchev–Trinajstić information content (AvgIpc) is 3.10. The summed E-state index contributed by atoms with van der Waals surface area (Å²) in [6.07, 6.45) is 1.36. The smallest absolute Gasteiger partial charge is 0.294 e. The van der Waals surface area contributed by atoms with Crippen LogP contribution in [0.2, 0.25) is 0 Å². The van der Waals surface area contributed by atoms with Gasteiger partial charge in [0.15, 0.2) is 16.6 Å². The molecule has 3 rings (SSSR count). The summed E-state index contributed by atoms with van der Waals surface area (Å²) in [5.41, 5.74) is 6.30. The van der Waals surface area contributed by atoms with Crippen LogP contribution >= 0.6 is 12.2 Å². The van der Waals surface area contributed by atoms with Crippen LogP contribution in [0.5, 0.6) is 11.5 Å². The maximum Gasteiger partial charge on any atom is 0.294 e. The number of carbonyl (C=O) groups excluding carboxylic acids is 1. The molecule has 0 saturated heterocycles. The van der Waals surface area contributed by atoms with E-state index in [1.54, 1.807) is 24.3 Å². The van der Waals surface area contributed by atoms with E-state index in [1.807, 2.05) is 37.3 Å². The number of benzene rings is 2. The number of amides is 1. The van der Waals surface area contributed by atoms with Crippen molar-refractivity contribution in [3.63, 3.8) is 0 Å². The van der Waals surface area contributed by atoms with Gasteiger partial charge in [-0.1, -0.05) is 18.2 Å². The molecule has 8 nitrogen and oxygen atoms in total. The summed E-state index contributed by atoms with van der Waals surface area (Å²) >= 11 is 5.15. The molecular weight excluding hydrogens is 378 g/mol. The molecule has 0 unspecified atom stereocenters. The molecule has 0 bridgehead atoms. The lowest BCUT2D eigenvalue weighted by Crippen LogP contribution is -2.43. The van der Waals surface area contributed by atoms with Crippen LogP contribution in [0, 0.1) is 0 Å². The normalized spacial score (nSPS) is 10.2. The Morgan fingerprint density at radius 2 is 1.86 bits per heavy atom. The Balaban J connectivity index is 1.56. The lowest BCUT2D eigenvalue weighted by atomic mass is 10.3. The van der Waals surface area contributed by atoms with E-state index in [2.05, 4.69) is 21.3 Å². The highest BCUT2D eigenvalue weighted by Gasteiger charge is 2.17. The van der Waals surface area contributed by atoms with E-state index in [0.29, 0.717) is 6.61 Å². The van der Waals surface area contributed by atoms with Crippen LogP contribution in [0.25, 0.3) is 5.69 Å². The van der Waals surface area contributed by atoms with Crippen molar-refractivity contribution < 1.29 is 14.6 Å². The van der Waals surface area contributed by atoms with Crippen LogP contribution in [-0.2, 0) is 0 Å². The summed E-state index contributed by atoms with van der Waals surface area (Å²) in [7, 11) is 0. The number of aromatic hydroxyl groups is 1. The molecule has 0 atom stereocenters. The fraction of sp³-hybridized carbons (Fsp3) is 0.105. The van der Waals surface area contributed by atoms with Crippen molar-refractivity contribution in [1.29, 1.82) is 0 Å². The van der Waals surface area contributed by atoms with Gasteiger partial charge in [0.2, 0.25) is 0 Å². The van der Waals surface area contributed by atoms with Crippen molar-refractivity contribution in [3.05, 3.63) is 66.5 Å². The fourth-order valence-corrected chi connectivity index (χ4v) is 2.54. The lowest BCUT2D eigenvalue weighted by molar-refractivity contribution is 0.0936. The fourth-order valence-electron chi connectivity index (χ4n) is 2.38. The van der Waals surface area contributed by atoms with Gasteiger partial charge in [0.05, 0.1) is 18.5 Å². The molecule has 0 radical (unpaired) electrons. The molecule has 1 heterocycles. The van der Waals surface area contributed by atoms with Gasteiger partial charge in [-0.3, -0.25) is 15.6 Å². The van der Waals surface area contributed by atoms with E-state index in [9.17, 15) is 9.90 Å². The van der Waals surface area contributed by atoms with Gasteiger partial charge < -0.3 is 15.2 Å². The molecule has 144 valence electrons. The Kier molecular flexibility index (Phi) is 6.07. The Morgan fingerprint density at radius 1 is 1.14 bits per heavy atom. The SMILES string of the molecule is CCOc1ccc(NC(=S)NNC(=O)c2nn(-c3ccccc3)cc2O)cc1. The third-order valence-electron chi connectivity index (χ3n) is 3.64. The molecule has 0 aliphatic rings. The van der Waals surface area contributed by atoms with E-state index in [1.165, 1.54) is 10.9 Å². The van der Waals surface area contributed by atoms with Crippen molar-refractivity contribution in [3.8, 4) is 17.2 Å². The zero-order chi connectivity index (χ0) is 19.9. The molecule has 4 N–H and O–H groups in total. The number of anilines is 1. The van der Waals surface area contributed by atoms with Crippen LogP contribution in [0.1, 0.15) is 17.4 Å². The minimum Gasteiger partial charge on any atom is -0.504 e. The number of nitrogens with one attached hydrogen (secondary N) is 3. The van der Waals surface area contributed by atoms with Gasteiger partial charge >= 0.3 is 0 Å². The number of carbonyl (C=O) groups is 1. The van der Waals surface area contributed by atoms with Gasteiger partial charge in [0, 0.05) is 5.69 Å². The van der Waals surface area contributed by atoms with E-state index in [-0.39, 0.29) is 16.6 Å². The Hall–Kier alpha value is -3.59. The van der Waals surface area contributed by atoms with Crippen LogP contribution in [0.15, 0.2) is 60.8 Å². The zero-order valence-electron chi connectivity index (χ0n) is 15.0. The van der Waals surface area contributed by atoms with E-state index < -0.39 is 5.91 Å². The summed E-state index contributed by atoms with van der Waals surface area (Å²) in [6, 6.07) is 16.4. The van der Waals surface area contributed by atoms with Crippen molar-refractivity contribution in [2.45, 2.75) is 6.92 Å². The molecule has 28 heavy (non-hydrogen) atoms. The average molecular weight is 397 g/mol. The highest BCUT2D eigenvalue weighted by Crippen LogP contribution is 2.18. The maximum atomic E-state index is 12.3. The molecule has 0 aliphatic carbocycles. The molecule has 2 aromatic carbocycles. The van der Waals surface area contributed by atoms with Gasteiger partial charge in [-0.15, -0.1) is 0 Å². The van der Waals surface area contributed by atoms with E-state index in [0.717, 1.165) is 17.1 Å². The number of ether oxygens (including phenoxy) is 1. The van der Waals surface area contributed by atoms with Gasteiger partial charge in [-0.25, -0.2) is 4.68 Å². The molecule has 9 heteroatoms. The van der Waals surface area contributed by atoms with Gasteiger partial charge in [-0.2, -0.15) is 5.10 Å². The maximum absolute atomic E-state index is 12.3. The highest BCUT2D eigenvalue weighted by molar-refractivity contribution is 7.80. The summed E-state index contributed by atoms with van der Waals surface area (Å²) < 4.78 is 6.79. The number of thiocarbonyl (C=S) groups is 1. The van der Waals surface area contributed by atoms with E-state index in [4.69, 9.17) is 17.0 Å². The first kappa shape index (κ1) is 19.2. The number of hydrogen-bond acceptors (Lipinski definition) is 5. The van der Waals surface area contributed by atoms with Crippen molar-refractivity contribution in [1.82, 2.24) is 20.6 Å². The Bertz CT molecular complexity index is 957. The Morgan fingerprint density at radius 3 is 2.54 bits per heavy atom. The number of aromatic nitrogens is 2.